The van der Waals surface area contributed by atoms with Crippen molar-refractivity contribution in [2.75, 3.05) is 0 Å². The summed E-state index contributed by atoms with van der Waals surface area (Å²) in [5, 5.41) is 0. The molecule has 100 valence electrons. The minimum absolute atomic E-state index is 0.212. The van der Waals surface area contributed by atoms with Crippen LogP contribution in [0.15, 0.2) is 44.5 Å². The molecule has 6 heteroatoms. The highest BCUT2D eigenvalue weighted by atomic mass is 16.3. The van der Waals surface area contributed by atoms with E-state index in [0.29, 0.717) is 27.9 Å². The molecule has 0 atom stereocenters. The number of benzene rings is 1. The molecule has 0 saturated carbocycles. The Morgan fingerprint density at radius 2 is 1.70 bits per heavy atom. The summed E-state index contributed by atoms with van der Waals surface area (Å²) in [6.45, 7) is 1.75. The normalized spacial score (nSPS) is 10.8. The highest BCUT2D eigenvalue weighted by molar-refractivity contribution is 6.10. The molecule has 6 nitrogen and oxygen atoms in total. The largest absolute Gasteiger partial charge is 0.469 e. The van der Waals surface area contributed by atoms with Gasteiger partial charge in [0.1, 0.15) is 12.0 Å². The fraction of sp³-hybridized carbons (Fsp3) is 0.0714. The van der Waals surface area contributed by atoms with Crippen LogP contribution in [-0.2, 0) is 0 Å². The standard InChI is InChI=1S/C14H10N2O4/c1-7-4-9(6-20-7)12(17)8-2-3-10-11(5-8)16-14(19)13(18)15-10/h2-6H,1H3,(H,15,18)(H,16,19). The summed E-state index contributed by atoms with van der Waals surface area (Å²) in [6.07, 6.45) is 1.39. The molecule has 0 spiro atoms. The molecular weight excluding hydrogens is 260 g/mol. The van der Waals surface area contributed by atoms with Crippen molar-refractivity contribution >= 4 is 16.8 Å². The lowest BCUT2D eigenvalue weighted by Gasteiger charge is -2.01. The third kappa shape index (κ3) is 1.97. The molecule has 0 amide bonds. The summed E-state index contributed by atoms with van der Waals surface area (Å²) < 4.78 is 5.10. The minimum atomic E-state index is -0.749. The molecule has 3 rings (SSSR count). The molecule has 0 saturated heterocycles. The fourth-order valence-corrected chi connectivity index (χ4v) is 1.99. The Bertz CT molecular complexity index is 930. The Hall–Kier alpha value is -2.89. The van der Waals surface area contributed by atoms with Crippen molar-refractivity contribution in [1.82, 2.24) is 9.97 Å². The predicted octanol–water partition coefficient (Wildman–Crippen LogP) is 1.35. The first-order valence-electron chi connectivity index (χ1n) is 5.91. The molecule has 0 unspecified atom stereocenters. The molecule has 2 heterocycles. The summed E-state index contributed by atoms with van der Waals surface area (Å²) in [7, 11) is 0. The van der Waals surface area contributed by atoms with Gasteiger partial charge in [0.05, 0.1) is 16.6 Å². The lowest BCUT2D eigenvalue weighted by molar-refractivity contribution is 0.103. The van der Waals surface area contributed by atoms with Gasteiger partial charge in [-0.15, -0.1) is 0 Å². The molecule has 0 fully saturated rings. The number of ketones is 1. The number of aryl methyl sites for hydroxylation is 1. The van der Waals surface area contributed by atoms with Gasteiger partial charge >= 0.3 is 11.1 Å². The van der Waals surface area contributed by atoms with E-state index in [-0.39, 0.29) is 5.78 Å². The molecule has 0 aliphatic heterocycles. The number of carbonyl (C=O) groups is 1. The van der Waals surface area contributed by atoms with Crippen molar-refractivity contribution in [3.05, 3.63) is 68.1 Å². The lowest BCUT2D eigenvalue weighted by atomic mass is 10.1. The maximum absolute atomic E-state index is 12.2. The summed E-state index contributed by atoms with van der Waals surface area (Å²) in [5.41, 5.74) is 0.244. The second-order valence-electron chi connectivity index (χ2n) is 4.44. The van der Waals surface area contributed by atoms with Gasteiger partial charge in [-0.2, -0.15) is 0 Å². The Labute approximate surface area is 112 Å². The van der Waals surface area contributed by atoms with Gasteiger partial charge in [-0.05, 0) is 31.2 Å². The van der Waals surface area contributed by atoms with Crippen LogP contribution >= 0.6 is 0 Å². The van der Waals surface area contributed by atoms with Crippen LogP contribution in [0.25, 0.3) is 11.0 Å². The van der Waals surface area contributed by atoms with Crippen molar-refractivity contribution in [3.8, 4) is 0 Å². The first-order chi connectivity index (χ1) is 9.54. The van der Waals surface area contributed by atoms with Crippen LogP contribution in [0.5, 0.6) is 0 Å². The Morgan fingerprint density at radius 1 is 1.00 bits per heavy atom. The number of furan rings is 1. The van der Waals surface area contributed by atoms with Gasteiger partial charge < -0.3 is 14.4 Å². The molecule has 3 aromatic rings. The van der Waals surface area contributed by atoms with Crippen LogP contribution in [-0.4, -0.2) is 15.8 Å². The number of H-pyrrole nitrogens is 2. The fourth-order valence-electron chi connectivity index (χ4n) is 1.99. The highest BCUT2D eigenvalue weighted by Gasteiger charge is 2.12. The van der Waals surface area contributed by atoms with Crippen LogP contribution in [0, 0.1) is 6.92 Å². The van der Waals surface area contributed by atoms with Crippen LogP contribution in [0.2, 0.25) is 0 Å². The van der Waals surface area contributed by atoms with Crippen molar-refractivity contribution in [3.63, 3.8) is 0 Å². The molecule has 0 aliphatic carbocycles. The van der Waals surface area contributed by atoms with E-state index in [2.05, 4.69) is 9.97 Å². The van der Waals surface area contributed by atoms with E-state index in [1.165, 1.54) is 12.3 Å². The zero-order chi connectivity index (χ0) is 14.3. The van der Waals surface area contributed by atoms with Crippen molar-refractivity contribution < 1.29 is 9.21 Å². The van der Waals surface area contributed by atoms with Gasteiger partial charge in [0.15, 0.2) is 5.78 Å². The second kappa shape index (κ2) is 4.34. The van der Waals surface area contributed by atoms with Crippen molar-refractivity contribution in [2.24, 2.45) is 0 Å². The first kappa shape index (κ1) is 12.2. The maximum Gasteiger partial charge on any atom is 0.314 e. The first-order valence-corrected chi connectivity index (χ1v) is 5.91. The van der Waals surface area contributed by atoms with Crippen molar-refractivity contribution in [1.29, 1.82) is 0 Å². The number of rotatable bonds is 2. The van der Waals surface area contributed by atoms with Crippen LogP contribution in [0.4, 0.5) is 0 Å². The summed E-state index contributed by atoms with van der Waals surface area (Å²) >= 11 is 0. The molecule has 20 heavy (non-hydrogen) atoms. The van der Waals surface area contributed by atoms with E-state index in [1.807, 2.05) is 0 Å². The second-order valence-corrected chi connectivity index (χ2v) is 4.44. The SMILES string of the molecule is Cc1cc(C(=O)c2ccc3[nH]c(=O)c(=O)[nH]c3c2)co1. The Kier molecular flexibility index (Phi) is 2.64. The van der Waals surface area contributed by atoms with Gasteiger partial charge in [0.25, 0.3) is 0 Å². The molecule has 0 aliphatic rings. The number of hydrogen-bond acceptors (Lipinski definition) is 4. The molecule has 2 aromatic heterocycles. The number of fused-ring (bicyclic) bond motifs is 1. The lowest BCUT2D eigenvalue weighted by Crippen LogP contribution is -2.28. The van der Waals surface area contributed by atoms with Crippen LogP contribution in [0.3, 0.4) is 0 Å². The monoisotopic (exact) mass is 270 g/mol. The third-order valence-electron chi connectivity index (χ3n) is 2.98. The topological polar surface area (TPSA) is 95.9 Å². The highest BCUT2D eigenvalue weighted by Crippen LogP contribution is 2.15. The van der Waals surface area contributed by atoms with Gasteiger partial charge in [-0.1, -0.05) is 0 Å². The van der Waals surface area contributed by atoms with E-state index < -0.39 is 11.1 Å². The zero-order valence-corrected chi connectivity index (χ0v) is 10.5. The maximum atomic E-state index is 12.2. The summed E-state index contributed by atoms with van der Waals surface area (Å²) in [6, 6.07) is 6.33. The summed E-state index contributed by atoms with van der Waals surface area (Å²) in [4.78, 5) is 39.6. The Morgan fingerprint density at radius 3 is 2.35 bits per heavy atom. The molecule has 0 radical (unpaired) electrons. The smallest absolute Gasteiger partial charge is 0.314 e. The van der Waals surface area contributed by atoms with E-state index in [0.717, 1.165) is 0 Å². The third-order valence-corrected chi connectivity index (χ3v) is 2.98. The minimum Gasteiger partial charge on any atom is -0.469 e. The molecule has 0 bridgehead atoms. The van der Waals surface area contributed by atoms with Crippen LogP contribution in [0.1, 0.15) is 21.7 Å². The molecule has 1 aromatic carbocycles. The predicted molar refractivity (Wildman–Crippen MR) is 72.1 cm³/mol. The number of aromatic amines is 2. The van der Waals surface area contributed by atoms with Crippen molar-refractivity contribution in [2.45, 2.75) is 6.92 Å². The van der Waals surface area contributed by atoms with E-state index in [9.17, 15) is 14.4 Å². The Balaban J connectivity index is 2.13. The average Bonchev–Trinajstić information content (AvgIpc) is 2.85. The van der Waals surface area contributed by atoms with E-state index in [1.54, 1.807) is 25.1 Å². The van der Waals surface area contributed by atoms with Gasteiger partial charge in [-0.3, -0.25) is 14.4 Å². The number of nitrogens with one attached hydrogen (secondary N) is 2. The zero-order valence-electron chi connectivity index (χ0n) is 10.5. The van der Waals surface area contributed by atoms with Gasteiger partial charge in [-0.25, -0.2) is 0 Å². The number of carbonyl (C=O) groups excluding carboxylic acids is 1. The average molecular weight is 270 g/mol. The quantitative estimate of drug-likeness (QED) is 0.542. The van der Waals surface area contributed by atoms with E-state index in [4.69, 9.17) is 4.42 Å². The number of hydrogen-bond donors (Lipinski definition) is 2. The van der Waals surface area contributed by atoms with Gasteiger partial charge in [0.2, 0.25) is 0 Å². The molecule has 2 N–H and O–H groups in total. The van der Waals surface area contributed by atoms with Crippen LogP contribution < -0.4 is 11.1 Å². The summed E-state index contributed by atoms with van der Waals surface area (Å²) in [5.74, 6) is 0.433. The number of aromatic nitrogens is 2. The van der Waals surface area contributed by atoms with E-state index >= 15 is 0 Å². The molecular formula is C14H10N2O4. The van der Waals surface area contributed by atoms with Gasteiger partial charge in [0, 0.05) is 5.56 Å².